The third-order valence-corrected chi connectivity index (χ3v) is 7.42. The molecule has 3 aromatic rings. The highest BCUT2D eigenvalue weighted by molar-refractivity contribution is 7.89. The van der Waals surface area contributed by atoms with Crippen molar-refractivity contribution in [2.75, 3.05) is 13.1 Å². The van der Waals surface area contributed by atoms with Crippen LogP contribution in [0.25, 0.3) is 11.1 Å². The highest BCUT2D eigenvalue weighted by Crippen LogP contribution is 2.25. The minimum Gasteiger partial charge on any atom is -0.422 e. The van der Waals surface area contributed by atoms with Gasteiger partial charge in [-0.1, -0.05) is 30.7 Å². The number of aromatic nitrogens is 1. The Morgan fingerprint density at radius 3 is 2.16 bits per heavy atom. The molecular weight excluding hydrogens is 426 g/mol. The van der Waals surface area contributed by atoms with Crippen molar-refractivity contribution in [3.05, 3.63) is 72.1 Å². The second kappa shape index (κ2) is 8.99. The van der Waals surface area contributed by atoms with Crippen molar-refractivity contribution < 1.29 is 17.9 Å². The van der Waals surface area contributed by atoms with Crippen LogP contribution >= 0.6 is 0 Å². The third-order valence-electron chi connectivity index (χ3n) is 5.55. The first kappa shape index (κ1) is 21.8. The van der Waals surface area contributed by atoms with Crippen LogP contribution in [0.15, 0.2) is 65.7 Å². The summed E-state index contributed by atoms with van der Waals surface area (Å²) in [6.07, 6.45) is 4.18. The predicted octanol–water partition coefficient (Wildman–Crippen LogP) is 3.96. The van der Waals surface area contributed by atoms with Crippen LogP contribution in [0.3, 0.4) is 0 Å². The van der Waals surface area contributed by atoms with E-state index in [0.29, 0.717) is 24.4 Å². The fourth-order valence-corrected chi connectivity index (χ4v) is 5.33. The van der Waals surface area contributed by atoms with E-state index in [1.165, 1.54) is 21.1 Å². The van der Waals surface area contributed by atoms with E-state index >= 15 is 0 Å². The Morgan fingerprint density at radius 1 is 0.969 bits per heavy atom. The fourth-order valence-electron chi connectivity index (χ4n) is 3.74. The lowest BCUT2D eigenvalue weighted by Gasteiger charge is -2.25. The van der Waals surface area contributed by atoms with Crippen molar-refractivity contribution in [3.8, 4) is 22.9 Å². The van der Waals surface area contributed by atoms with Crippen LogP contribution in [0.4, 0.5) is 0 Å². The molecule has 0 unspecified atom stereocenters. The van der Waals surface area contributed by atoms with Crippen LogP contribution in [0.1, 0.15) is 35.3 Å². The van der Waals surface area contributed by atoms with Crippen LogP contribution in [-0.2, 0) is 17.1 Å². The molecule has 1 aliphatic rings. The van der Waals surface area contributed by atoms with Crippen molar-refractivity contribution in [2.45, 2.75) is 24.2 Å². The first-order chi connectivity index (χ1) is 15.4. The number of benzene rings is 2. The Hall–Kier alpha value is -3.41. The maximum Gasteiger partial charge on any atom is 0.360 e. The van der Waals surface area contributed by atoms with Gasteiger partial charge in [-0.15, -0.1) is 0 Å². The number of nitrogens with zero attached hydrogens (tertiary/aromatic N) is 3. The van der Waals surface area contributed by atoms with Gasteiger partial charge in [-0.05, 0) is 54.3 Å². The number of ether oxygens (including phenoxy) is 1. The maximum absolute atomic E-state index is 12.9. The molecule has 1 aliphatic heterocycles. The number of aryl methyl sites for hydroxylation is 1. The van der Waals surface area contributed by atoms with E-state index in [0.717, 1.165) is 30.4 Å². The summed E-state index contributed by atoms with van der Waals surface area (Å²) in [5.74, 6) is -0.271. The van der Waals surface area contributed by atoms with E-state index in [-0.39, 0.29) is 10.6 Å². The summed E-state index contributed by atoms with van der Waals surface area (Å²) < 4.78 is 34.2. The molecule has 1 saturated heterocycles. The third kappa shape index (κ3) is 4.44. The van der Waals surface area contributed by atoms with Gasteiger partial charge in [0.15, 0.2) is 0 Å². The predicted molar refractivity (Wildman–Crippen MR) is 120 cm³/mol. The van der Waals surface area contributed by atoms with E-state index in [4.69, 9.17) is 10.00 Å². The number of carbonyl (C=O) groups excluding carboxylic acids is 1. The minimum atomic E-state index is -3.63. The SMILES string of the molecule is Cn1cc(S(=O)(=O)N2CCCCC2)cc1C(=O)Oc1ccc(-c2ccc(C#N)cc2)cc1. The summed E-state index contributed by atoms with van der Waals surface area (Å²) in [6, 6.07) is 17.7. The molecule has 0 bridgehead atoms. The van der Waals surface area contributed by atoms with Gasteiger partial charge in [0.05, 0.1) is 11.6 Å². The number of hydrogen-bond acceptors (Lipinski definition) is 5. The molecule has 0 atom stereocenters. The summed E-state index contributed by atoms with van der Waals surface area (Å²) in [5.41, 5.74) is 2.61. The number of carbonyl (C=O) groups is 1. The number of piperidine rings is 1. The standard InChI is InChI=1S/C24H23N3O4S/c1-26-17-22(32(29,30)27-13-3-2-4-14-27)15-23(26)24(28)31-21-11-9-20(10-12-21)19-7-5-18(16-25)6-8-19/h5-12,15,17H,2-4,13-14H2,1H3. The molecule has 2 aromatic carbocycles. The average molecular weight is 450 g/mol. The number of esters is 1. The van der Waals surface area contributed by atoms with Gasteiger partial charge < -0.3 is 9.30 Å². The Labute approximate surface area is 187 Å². The topological polar surface area (TPSA) is 92.4 Å². The van der Waals surface area contributed by atoms with Gasteiger partial charge in [0.1, 0.15) is 16.3 Å². The quantitative estimate of drug-likeness (QED) is 0.434. The number of hydrogen-bond donors (Lipinski definition) is 0. The lowest BCUT2D eigenvalue weighted by molar-refractivity contribution is 0.0725. The smallest absolute Gasteiger partial charge is 0.360 e. The Kier molecular flexibility index (Phi) is 6.12. The molecule has 0 saturated carbocycles. The average Bonchev–Trinajstić information content (AvgIpc) is 3.23. The number of rotatable bonds is 5. The van der Waals surface area contributed by atoms with E-state index in [9.17, 15) is 13.2 Å². The molecule has 0 N–H and O–H groups in total. The molecule has 8 heteroatoms. The highest BCUT2D eigenvalue weighted by atomic mass is 32.2. The lowest BCUT2D eigenvalue weighted by atomic mass is 10.0. The lowest BCUT2D eigenvalue weighted by Crippen LogP contribution is -2.35. The molecule has 0 amide bonds. The van der Waals surface area contributed by atoms with E-state index in [1.807, 2.05) is 24.3 Å². The summed E-state index contributed by atoms with van der Waals surface area (Å²) in [4.78, 5) is 12.8. The zero-order chi connectivity index (χ0) is 22.7. The fraction of sp³-hybridized carbons (Fsp3) is 0.250. The van der Waals surface area contributed by atoms with E-state index in [2.05, 4.69) is 6.07 Å². The first-order valence-electron chi connectivity index (χ1n) is 10.4. The van der Waals surface area contributed by atoms with Crippen molar-refractivity contribution in [1.82, 2.24) is 8.87 Å². The number of sulfonamides is 1. The van der Waals surface area contributed by atoms with Crippen molar-refractivity contribution >= 4 is 16.0 Å². The molecule has 0 radical (unpaired) electrons. The van der Waals surface area contributed by atoms with Crippen molar-refractivity contribution in [1.29, 1.82) is 5.26 Å². The maximum atomic E-state index is 12.9. The van der Waals surface area contributed by atoms with E-state index in [1.54, 1.807) is 31.3 Å². The molecule has 4 rings (SSSR count). The molecular formula is C24H23N3O4S. The van der Waals surface area contributed by atoms with Crippen LogP contribution in [0.5, 0.6) is 5.75 Å². The van der Waals surface area contributed by atoms with Gasteiger partial charge in [0.25, 0.3) is 0 Å². The Balaban J connectivity index is 1.48. The van der Waals surface area contributed by atoms with Gasteiger partial charge in [-0.25, -0.2) is 13.2 Å². The Bertz CT molecular complexity index is 1260. The summed E-state index contributed by atoms with van der Waals surface area (Å²) in [6.45, 7) is 1.01. The van der Waals surface area contributed by atoms with Crippen molar-refractivity contribution in [2.24, 2.45) is 7.05 Å². The van der Waals surface area contributed by atoms with Crippen LogP contribution in [0.2, 0.25) is 0 Å². The molecule has 164 valence electrons. The van der Waals surface area contributed by atoms with Gasteiger partial charge in [0, 0.05) is 26.3 Å². The number of nitriles is 1. The molecule has 7 nitrogen and oxygen atoms in total. The van der Waals surface area contributed by atoms with E-state index < -0.39 is 16.0 Å². The molecule has 1 aromatic heterocycles. The van der Waals surface area contributed by atoms with Crippen LogP contribution in [0, 0.1) is 11.3 Å². The van der Waals surface area contributed by atoms with Gasteiger partial charge in [0.2, 0.25) is 10.0 Å². The molecule has 1 fully saturated rings. The monoisotopic (exact) mass is 449 g/mol. The second-order valence-electron chi connectivity index (χ2n) is 7.74. The summed E-state index contributed by atoms with van der Waals surface area (Å²) >= 11 is 0. The first-order valence-corrected chi connectivity index (χ1v) is 11.8. The van der Waals surface area contributed by atoms with Crippen LogP contribution < -0.4 is 4.74 Å². The largest absolute Gasteiger partial charge is 0.422 e. The zero-order valence-corrected chi connectivity index (χ0v) is 18.5. The summed E-state index contributed by atoms with van der Waals surface area (Å²) in [7, 11) is -2.00. The summed E-state index contributed by atoms with van der Waals surface area (Å²) in [5, 5.41) is 8.91. The molecule has 0 aliphatic carbocycles. The van der Waals surface area contributed by atoms with Crippen molar-refractivity contribution in [3.63, 3.8) is 0 Å². The second-order valence-corrected chi connectivity index (χ2v) is 9.68. The van der Waals surface area contributed by atoms with Crippen LogP contribution in [-0.4, -0.2) is 36.3 Å². The normalized spacial score (nSPS) is 14.6. The molecule has 2 heterocycles. The molecule has 0 spiro atoms. The Morgan fingerprint density at radius 2 is 1.56 bits per heavy atom. The van der Waals surface area contributed by atoms with Gasteiger partial charge in [-0.2, -0.15) is 9.57 Å². The van der Waals surface area contributed by atoms with Gasteiger partial charge in [-0.3, -0.25) is 0 Å². The zero-order valence-electron chi connectivity index (χ0n) is 17.7. The molecule has 32 heavy (non-hydrogen) atoms. The van der Waals surface area contributed by atoms with Gasteiger partial charge >= 0.3 is 5.97 Å². The minimum absolute atomic E-state index is 0.102. The highest BCUT2D eigenvalue weighted by Gasteiger charge is 2.28.